The van der Waals surface area contributed by atoms with Gasteiger partial charge in [-0.2, -0.15) is 0 Å². The Morgan fingerprint density at radius 3 is 2.60 bits per heavy atom. The van der Waals surface area contributed by atoms with E-state index in [1.165, 1.54) is 11.3 Å². The van der Waals surface area contributed by atoms with Gasteiger partial charge in [0.15, 0.2) is 16.6 Å². The maximum Gasteiger partial charge on any atom is 0.237 e. The van der Waals surface area contributed by atoms with Crippen LogP contribution >= 0.6 is 11.3 Å². The lowest BCUT2D eigenvalue weighted by Crippen LogP contribution is -2.28. The van der Waals surface area contributed by atoms with Gasteiger partial charge in [0.1, 0.15) is 13.2 Å². The van der Waals surface area contributed by atoms with Crippen molar-refractivity contribution in [1.82, 2.24) is 4.98 Å². The van der Waals surface area contributed by atoms with E-state index in [1.54, 1.807) is 4.90 Å². The number of carbonyl (C=O) groups excluding carboxylic acids is 1. The van der Waals surface area contributed by atoms with Crippen LogP contribution in [0.25, 0.3) is 10.2 Å². The molecular formula is C24H20N2O3S. The molecule has 5 rings (SSSR count). The molecule has 0 aliphatic carbocycles. The predicted octanol–water partition coefficient (Wildman–Crippen LogP) is 5.28. The van der Waals surface area contributed by atoms with Crippen molar-refractivity contribution in [3.8, 4) is 11.5 Å². The molecule has 5 nitrogen and oxygen atoms in total. The van der Waals surface area contributed by atoms with Crippen molar-refractivity contribution in [2.45, 2.75) is 13.3 Å². The van der Waals surface area contributed by atoms with Crippen molar-refractivity contribution in [2.75, 3.05) is 18.1 Å². The molecular weight excluding hydrogens is 396 g/mol. The largest absolute Gasteiger partial charge is 0.486 e. The molecule has 1 aliphatic rings. The fourth-order valence-corrected chi connectivity index (χ4v) is 4.56. The molecule has 4 aromatic rings. The second-order valence-electron chi connectivity index (χ2n) is 7.13. The number of hydrogen-bond acceptors (Lipinski definition) is 5. The normalized spacial score (nSPS) is 12.7. The summed E-state index contributed by atoms with van der Waals surface area (Å²) < 4.78 is 12.3. The summed E-state index contributed by atoms with van der Waals surface area (Å²) in [5.74, 6) is 1.37. The van der Waals surface area contributed by atoms with Gasteiger partial charge < -0.3 is 9.47 Å². The molecule has 0 saturated heterocycles. The number of para-hydroxylation sites is 2. The van der Waals surface area contributed by atoms with E-state index < -0.39 is 0 Å². The molecule has 0 N–H and O–H groups in total. The van der Waals surface area contributed by atoms with Gasteiger partial charge in [-0.15, -0.1) is 0 Å². The zero-order chi connectivity index (χ0) is 20.5. The summed E-state index contributed by atoms with van der Waals surface area (Å²) in [6.07, 6.45) is 0.237. The molecule has 6 heteroatoms. The number of aryl methyl sites for hydroxylation is 1. The Hall–Kier alpha value is -3.38. The van der Waals surface area contributed by atoms with Gasteiger partial charge in [0.2, 0.25) is 5.91 Å². The van der Waals surface area contributed by atoms with Crippen molar-refractivity contribution >= 4 is 38.3 Å². The van der Waals surface area contributed by atoms with E-state index >= 15 is 0 Å². The number of hydrogen-bond donors (Lipinski definition) is 0. The average Bonchev–Trinajstić information content (AvgIpc) is 3.19. The third-order valence-corrected chi connectivity index (χ3v) is 6.06. The quantitative estimate of drug-likeness (QED) is 0.454. The number of ether oxygens (including phenoxy) is 2. The van der Waals surface area contributed by atoms with Crippen molar-refractivity contribution in [3.63, 3.8) is 0 Å². The number of aromatic nitrogens is 1. The molecule has 0 unspecified atom stereocenters. The Balaban J connectivity index is 1.53. The average molecular weight is 417 g/mol. The minimum atomic E-state index is -0.0416. The Kier molecular flexibility index (Phi) is 4.85. The molecule has 0 saturated carbocycles. The predicted molar refractivity (Wildman–Crippen MR) is 119 cm³/mol. The minimum absolute atomic E-state index is 0.0416. The Bertz CT molecular complexity index is 1200. The standard InChI is InChI=1S/C24H20N2O3S/c1-16-6-2-4-8-19(16)26(24-25-18-7-3-5-9-22(18)30-24)23(27)15-17-10-11-20-21(14-17)29-13-12-28-20/h2-11,14H,12-13,15H2,1H3. The molecule has 1 aromatic heterocycles. The molecule has 1 amide bonds. The Morgan fingerprint density at radius 1 is 1.00 bits per heavy atom. The summed E-state index contributed by atoms with van der Waals surface area (Å²) in [5.41, 5.74) is 3.64. The first-order valence-electron chi connectivity index (χ1n) is 9.82. The monoisotopic (exact) mass is 416 g/mol. The highest BCUT2D eigenvalue weighted by atomic mass is 32.1. The topological polar surface area (TPSA) is 51.7 Å². The van der Waals surface area contributed by atoms with E-state index in [9.17, 15) is 4.79 Å². The van der Waals surface area contributed by atoms with Crippen LogP contribution in [0.1, 0.15) is 11.1 Å². The van der Waals surface area contributed by atoms with Crippen LogP contribution in [-0.2, 0) is 11.2 Å². The van der Waals surface area contributed by atoms with Gasteiger partial charge in [-0.3, -0.25) is 9.69 Å². The second kappa shape index (κ2) is 7.80. The summed E-state index contributed by atoms with van der Waals surface area (Å²) >= 11 is 1.52. The molecule has 0 atom stereocenters. The van der Waals surface area contributed by atoms with Crippen LogP contribution in [0.5, 0.6) is 11.5 Å². The molecule has 150 valence electrons. The first-order chi connectivity index (χ1) is 14.7. The fourth-order valence-electron chi connectivity index (χ4n) is 3.57. The van der Waals surface area contributed by atoms with E-state index in [4.69, 9.17) is 14.5 Å². The van der Waals surface area contributed by atoms with E-state index in [-0.39, 0.29) is 12.3 Å². The first kappa shape index (κ1) is 18.6. The van der Waals surface area contributed by atoms with Gasteiger partial charge in [-0.25, -0.2) is 4.98 Å². The SMILES string of the molecule is Cc1ccccc1N(C(=O)Cc1ccc2c(c1)OCCO2)c1nc2ccccc2s1. The number of benzene rings is 3. The summed E-state index contributed by atoms with van der Waals surface area (Å²) in [6, 6.07) is 21.5. The van der Waals surface area contributed by atoms with Gasteiger partial charge in [0.05, 0.1) is 22.3 Å². The van der Waals surface area contributed by atoms with E-state index in [0.29, 0.717) is 24.1 Å². The lowest BCUT2D eigenvalue weighted by atomic mass is 10.1. The molecule has 0 fully saturated rings. The minimum Gasteiger partial charge on any atom is -0.486 e. The number of thiazole rings is 1. The van der Waals surface area contributed by atoms with Gasteiger partial charge >= 0.3 is 0 Å². The molecule has 0 spiro atoms. The molecule has 30 heavy (non-hydrogen) atoms. The maximum atomic E-state index is 13.5. The highest BCUT2D eigenvalue weighted by Gasteiger charge is 2.24. The van der Waals surface area contributed by atoms with Gasteiger partial charge in [-0.1, -0.05) is 47.7 Å². The summed E-state index contributed by atoms with van der Waals surface area (Å²) in [6.45, 7) is 3.07. The summed E-state index contributed by atoms with van der Waals surface area (Å²) in [7, 11) is 0. The third kappa shape index (κ3) is 3.50. The van der Waals surface area contributed by atoms with Gasteiger partial charge in [0, 0.05) is 0 Å². The molecule has 2 heterocycles. The highest BCUT2D eigenvalue weighted by molar-refractivity contribution is 7.22. The van der Waals surface area contributed by atoms with Crippen LogP contribution in [0, 0.1) is 6.92 Å². The van der Waals surface area contributed by atoms with E-state index in [1.807, 2.05) is 73.7 Å². The van der Waals surface area contributed by atoms with Crippen LogP contribution < -0.4 is 14.4 Å². The van der Waals surface area contributed by atoms with Crippen LogP contribution in [0.3, 0.4) is 0 Å². The van der Waals surface area contributed by atoms with Crippen LogP contribution in [0.2, 0.25) is 0 Å². The van der Waals surface area contributed by atoms with E-state index in [0.717, 1.165) is 32.8 Å². The maximum absolute atomic E-state index is 13.5. The number of nitrogens with zero attached hydrogens (tertiary/aromatic N) is 2. The number of anilines is 2. The van der Waals surface area contributed by atoms with Crippen LogP contribution in [-0.4, -0.2) is 24.1 Å². The summed E-state index contributed by atoms with van der Waals surface area (Å²) in [4.78, 5) is 20.0. The second-order valence-corrected chi connectivity index (χ2v) is 8.14. The lowest BCUT2D eigenvalue weighted by molar-refractivity contribution is -0.117. The molecule has 1 aliphatic heterocycles. The smallest absolute Gasteiger partial charge is 0.237 e. The number of carbonyl (C=O) groups is 1. The highest BCUT2D eigenvalue weighted by Crippen LogP contribution is 2.36. The van der Waals surface area contributed by atoms with Gasteiger partial charge in [0.25, 0.3) is 0 Å². The number of amides is 1. The van der Waals surface area contributed by atoms with Crippen molar-refractivity contribution in [2.24, 2.45) is 0 Å². The van der Waals surface area contributed by atoms with Crippen LogP contribution in [0.4, 0.5) is 10.8 Å². The molecule has 3 aromatic carbocycles. The van der Waals surface area contributed by atoms with Gasteiger partial charge in [-0.05, 0) is 48.4 Å². The van der Waals surface area contributed by atoms with Crippen molar-refractivity contribution in [1.29, 1.82) is 0 Å². The third-order valence-electron chi connectivity index (χ3n) is 5.04. The van der Waals surface area contributed by atoms with E-state index in [2.05, 4.69) is 0 Å². The lowest BCUT2D eigenvalue weighted by Gasteiger charge is -2.23. The number of fused-ring (bicyclic) bond motifs is 2. The van der Waals surface area contributed by atoms with Crippen molar-refractivity contribution in [3.05, 3.63) is 77.9 Å². The summed E-state index contributed by atoms with van der Waals surface area (Å²) in [5, 5.41) is 0.674. The number of rotatable bonds is 4. The van der Waals surface area contributed by atoms with Crippen LogP contribution in [0.15, 0.2) is 66.7 Å². The fraction of sp³-hybridized carbons (Fsp3) is 0.167. The molecule has 0 bridgehead atoms. The zero-order valence-corrected chi connectivity index (χ0v) is 17.3. The Morgan fingerprint density at radius 2 is 1.77 bits per heavy atom. The first-order valence-corrected chi connectivity index (χ1v) is 10.6. The molecule has 0 radical (unpaired) electrons. The Labute approximate surface area is 178 Å². The van der Waals surface area contributed by atoms with Crippen molar-refractivity contribution < 1.29 is 14.3 Å². The zero-order valence-electron chi connectivity index (χ0n) is 16.5.